The van der Waals surface area contributed by atoms with E-state index in [9.17, 15) is 0 Å². The summed E-state index contributed by atoms with van der Waals surface area (Å²) >= 11 is 7.04. The molecule has 1 saturated heterocycles. The maximum absolute atomic E-state index is 6.30. The molecule has 0 spiro atoms. The average molecular weight is 578 g/mol. The number of benzene rings is 2. The van der Waals surface area contributed by atoms with Crippen LogP contribution in [0, 0.1) is 0 Å². The van der Waals surface area contributed by atoms with Crippen LogP contribution in [0.1, 0.15) is 11.1 Å². The quantitative estimate of drug-likeness (QED) is 0.363. The highest BCUT2D eigenvalue weighted by Gasteiger charge is 2.17. The Morgan fingerprint density at radius 1 is 0.706 bits per heavy atom. The normalized spacial score (nSPS) is 19.1. The summed E-state index contributed by atoms with van der Waals surface area (Å²) in [7, 11) is 0. The smallest absolute Gasteiger partial charge is 0.200 e. The van der Waals surface area contributed by atoms with Crippen LogP contribution in [-0.4, -0.2) is 36.6 Å². The zero-order valence-corrected chi connectivity index (χ0v) is 21.8. The van der Waals surface area contributed by atoms with Gasteiger partial charge in [-0.3, -0.25) is 0 Å². The molecule has 0 N–H and O–H groups in total. The maximum Gasteiger partial charge on any atom is 0.200 e. The number of allylic oxidation sites excluding steroid dienone is 10. The van der Waals surface area contributed by atoms with Gasteiger partial charge >= 0.3 is 0 Å². The molecule has 1 aliphatic carbocycles. The van der Waals surface area contributed by atoms with Gasteiger partial charge in [0.25, 0.3) is 0 Å². The molecule has 2 aromatic carbocycles. The second-order valence-electron chi connectivity index (χ2n) is 8.15. The fourth-order valence-electron chi connectivity index (χ4n) is 3.97. The molecule has 3 aliphatic rings. The van der Waals surface area contributed by atoms with E-state index in [0.717, 1.165) is 69.0 Å². The van der Waals surface area contributed by atoms with Crippen molar-refractivity contribution in [1.29, 1.82) is 0 Å². The van der Waals surface area contributed by atoms with Crippen LogP contribution in [-0.2, 0) is 9.47 Å². The van der Waals surface area contributed by atoms with E-state index in [1.807, 2.05) is 18.2 Å². The molecule has 0 saturated carbocycles. The standard InChI is InChI=1S/C29H24Br2NO2/c30-25-8-4-22(5-9-25)24-19-28(34-29(20-24)23-6-10-26(31)11-7-23)14-3-21-1-12-27(13-2-21)32-15-17-33-18-16-32/h1-14,19-20H,15-18H2/q+1/b28-14+. The third kappa shape index (κ3) is 5.66. The molecular weight excluding hydrogens is 554 g/mol. The van der Waals surface area contributed by atoms with Crippen molar-refractivity contribution in [2.45, 2.75) is 0 Å². The third-order valence-corrected chi connectivity index (χ3v) is 6.89. The second-order valence-corrected chi connectivity index (χ2v) is 9.98. The Balaban J connectivity index is 1.43. The second kappa shape index (κ2) is 10.7. The van der Waals surface area contributed by atoms with Crippen molar-refractivity contribution in [3.8, 4) is 0 Å². The highest BCUT2D eigenvalue weighted by molar-refractivity contribution is 9.10. The van der Waals surface area contributed by atoms with Gasteiger partial charge in [-0.1, -0.05) is 62.2 Å². The van der Waals surface area contributed by atoms with Crippen LogP contribution in [0.15, 0.2) is 117 Å². The van der Waals surface area contributed by atoms with Crippen LogP contribution in [0.4, 0.5) is 0 Å². The summed E-state index contributed by atoms with van der Waals surface area (Å²) in [6, 6.07) is 16.5. The number of nitrogens with zero attached hydrogens (tertiary/aromatic N) is 1. The summed E-state index contributed by atoms with van der Waals surface area (Å²) in [5.41, 5.74) is 5.65. The Bertz CT molecular complexity index is 1260. The van der Waals surface area contributed by atoms with Crippen molar-refractivity contribution < 1.29 is 14.0 Å². The van der Waals surface area contributed by atoms with Crippen molar-refractivity contribution in [3.05, 3.63) is 129 Å². The van der Waals surface area contributed by atoms with Crippen molar-refractivity contribution in [3.63, 3.8) is 0 Å². The Kier molecular flexibility index (Phi) is 7.24. The molecule has 0 aromatic heterocycles. The van der Waals surface area contributed by atoms with Gasteiger partial charge in [0.1, 0.15) is 24.7 Å². The number of rotatable bonds is 3. The Labute approximate surface area is 217 Å². The Morgan fingerprint density at radius 3 is 1.97 bits per heavy atom. The lowest BCUT2D eigenvalue weighted by Gasteiger charge is -2.18. The van der Waals surface area contributed by atoms with Gasteiger partial charge in [-0.05, 0) is 71.4 Å². The third-order valence-electron chi connectivity index (χ3n) is 5.83. The SMILES string of the molecule is Brc1ccc(C2=C/C(=C\C=C3C=CC(=[N+]4CCOCC4)C=C3)OC(c3ccc(Br)cc3)=C2)cc1. The molecular formula is C29H24Br2NO2+. The fourth-order valence-corrected chi connectivity index (χ4v) is 4.49. The summed E-state index contributed by atoms with van der Waals surface area (Å²) in [4.78, 5) is 0. The van der Waals surface area contributed by atoms with Crippen LogP contribution in [0.2, 0.25) is 0 Å². The minimum absolute atomic E-state index is 0.790. The molecule has 0 atom stereocenters. The zero-order valence-electron chi connectivity index (χ0n) is 18.6. The van der Waals surface area contributed by atoms with E-state index in [0.29, 0.717) is 0 Å². The van der Waals surface area contributed by atoms with E-state index in [2.05, 4.69) is 115 Å². The molecule has 2 aromatic rings. The lowest BCUT2D eigenvalue weighted by atomic mass is 10.0. The van der Waals surface area contributed by atoms with E-state index in [-0.39, 0.29) is 0 Å². The van der Waals surface area contributed by atoms with E-state index < -0.39 is 0 Å². The summed E-state index contributed by atoms with van der Waals surface area (Å²) in [5.74, 6) is 1.63. The van der Waals surface area contributed by atoms with Gasteiger partial charge in [0.15, 0.2) is 18.8 Å². The minimum atomic E-state index is 0.790. The topological polar surface area (TPSA) is 21.5 Å². The summed E-state index contributed by atoms with van der Waals surface area (Å²) < 4.78 is 16.2. The first-order valence-electron chi connectivity index (χ1n) is 11.2. The molecule has 0 radical (unpaired) electrons. The number of ether oxygens (including phenoxy) is 2. The first-order chi connectivity index (χ1) is 16.6. The van der Waals surface area contributed by atoms with E-state index in [1.165, 1.54) is 5.71 Å². The number of halogens is 2. The van der Waals surface area contributed by atoms with E-state index in [1.54, 1.807) is 0 Å². The van der Waals surface area contributed by atoms with Crippen molar-refractivity contribution in [2.75, 3.05) is 26.3 Å². The van der Waals surface area contributed by atoms with E-state index >= 15 is 0 Å². The van der Waals surface area contributed by atoms with Crippen molar-refractivity contribution in [1.82, 2.24) is 0 Å². The van der Waals surface area contributed by atoms with Crippen LogP contribution in [0.5, 0.6) is 0 Å². The first kappa shape index (κ1) is 23.0. The fraction of sp³-hybridized carbons (Fsp3) is 0.138. The van der Waals surface area contributed by atoms with Crippen molar-refractivity contribution >= 4 is 48.9 Å². The summed E-state index contributed by atoms with van der Waals surface area (Å²) in [6.45, 7) is 3.46. The molecule has 3 nitrogen and oxygen atoms in total. The van der Waals surface area contributed by atoms with E-state index in [4.69, 9.17) is 9.47 Å². The predicted molar refractivity (Wildman–Crippen MR) is 146 cm³/mol. The van der Waals surface area contributed by atoms with Gasteiger partial charge < -0.3 is 9.47 Å². The number of hydrogen-bond acceptors (Lipinski definition) is 2. The van der Waals surface area contributed by atoms with Crippen LogP contribution in [0.3, 0.4) is 0 Å². The number of morpholine rings is 1. The minimum Gasteiger partial charge on any atom is -0.457 e. The maximum atomic E-state index is 6.30. The molecule has 5 heteroatoms. The summed E-state index contributed by atoms with van der Waals surface area (Å²) in [5, 5.41) is 0. The highest BCUT2D eigenvalue weighted by atomic mass is 79.9. The highest BCUT2D eigenvalue weighted by Crippen LogP contribution is 2.32. The lowest BCUT2D eigenvalue weighted by molar-refractivity contribution is -0.547. The molecule has 34 heavy (non-hydrogen) atoms. The van der Waals surface area contributed by atoms with Gasteiger partial charge in [-0.15, -0.1) is 0 Å². The molecule has 5 rings (SSSR count). The average Bonchev–Trinajstić information content (AvgIpc) is 2.89. The predicted octanol–water partition coefficient (Wildman–Crippen LogP) is 7.09. The largest absolute Gasteiger partial charge is 0.457 e. The van der Waals surface area contributed by atoms with Gasteiger partial charge in [0.2, 0.25) is 0 Å². The molecule has 0 bridgehead atoms. The van der Waals surface area contributed by atoms with Gasteiger partial charge in [-0.2, -0.15) is 0 Å². The molecule has 2 heterocycles. The van der Waals surface area contributed by atoms with Crippen LogP contribution < -0.4 is 0 Å². The Morgan fingerprint density at radius 2 is 1.32 bits per heavy atom. The number of hydrogen-bond donors (Lipinski definition) is 0. The molecule has 2 aliphatic heterocycles. The molecule has 1 fully saturated rings. The lowest BCUT2D eigenvalue weighted by Crippen LogP contribution is -2.32. The molecule has 0 amide bonds. The monoisotopic (exact) mass is 576 g/mol. The molecule has 0 unspecified atom stereocenters. The van der Waals surface area contributed by atoms with Crippen LogP contribution >= 0.6 is 31.9 Å². The molecule has 170 valence electrons. The summed E-state index contributed by atoms with van der Waals surface area (Å²) in [6.07, 6.45) is 17.0. The zero-order chi connectivity index (χ0) is 23.3. The van der Waals surface area contributed by atoms with Gasteiger partial charge in [0.05, 0.1) is 0 Å². The van der Waals surface area contributed by atoms with Crippen molar-refractivity contribution in [2.24, 2.45) is 0 Å². The first-order valence-corrected chi connectivity index (χ1v) is 12.8. The van der Waals surface area contributed by atoms with Crippen LogP contribution in [0.25, 0.3) is 11.3 Å². The van der Waals surface area contributed by atoms with Gasteiger partial charge in [-0.25, -0.2) is 4.58 Å². The Hall–Kier alpha value is -2.73. The van der Waals surface area contributed by atoms with Gasteiger partial charge in [0, 0.05) is 26.7 Å².